The van der Waals surface area contributed by atoms with Crippen LogP contribution in [0.4, 0.5) is 0 Å². The van der Waals surface area contributed by atoms with Gasteiger partial charge in [0.25, 0.3) is 0 Å². The largest absolute Gasteiger partial charge is 0.318 e. The molecule has 1 saturated heterocycles. The van der Waals surface area contributed by atoms with Gasteiger partial charge in [-0.05, 0) is 7.05 Å². The van der Waals surface area contributed by atoms with E-state index < -0.39 is 10.6 Å². The van der Waals surface area contributed by atoms with Gasteiger partial charge >= 0.3 is 0 Å². The van der Waals surface area contributed by atoms with E-state index >= 15 is 0 Å². The summed E-state index contributed by atoms with van der Waals surface area (Å²) in [5.74, 6) is 1.10. The average Bonchev–Trinajstić information content (AvgIpc) is 2.03. The summed E-state index contributed by atoms with van der Waals surface area (Å²) in [6, 6.07) is 0. The van der Waals surface area contributed by atoms with Gasteiger partial charge in [0.2, 0.25) is 0 Å². The Kier molecular flexibility index (Phi) is 3.79. The number of nitrogens with one attached hydrogen (secondary N) is 1. The Labute approximate surface area is 75.3 Å². The highest BCUT2D eigenvalue weighted by Crippen LogP contribution is 2.39. The molecular weight excluding hydrogens is 176 g/mol. The Morgan fingerprint density at radius 1 is 1.33 bits per heavy atom. The molecule has 1 aliphatic heterocycles. The van der Waals surface area contributed by atoms with Crippen molar-refractivity contribution in [1.82, 2.24) is 10.2 Å². The molecule has 0 aromatic heterocycles. The molecule has 0 aromatic carbocycles. The van der Waals surface area contributed by atoms with Crippen molar-refractivity contribution in [1.29, 1.82) is 0 Å². The van der Waals surface area contributed by atoms with Crippen molar-refractivity contribution in [2.45, 2.75) is 0 Å². The van der Waals surface area contributed by atoms with Crippen LogP contribution in [0, 0.1) is 0 Å². The predicted octanol–water partition coefficient (Wildman–Crippen LogP) is 0.272. The Hall–Kier alpha value is 0.190. The molecular formula is C7H18N2O2S. The molecule has 1 heterocycles. The molecule has 74 valence electrons. The molecule has 0 amide bonds. The minimum absolute atomic E-state index is 0.552. The molecule has 0 bridgehead atoms. The van der Waals surface area contributed by atoms with Crippen molar-refractivity contribution in [3.05, 3.63) is 0 Å². The summed E-state index contributed by atoms with van der Waals surface area (Å²) in [7, 11) is -0.275. The minimum atomic E-state index is -2.20. The molecule has 0 aliphatic carbocycles. The maximum Gasteiger partial charge on any atom is 0.0502 e. The lowest BCUT2D eigenvalue weighted by molar-refractivity contribution is 0.287. The Balaban J connectivity index is 2.18. The first-order chi connectivity index (χ1) is 5.64. The summed E-state index contributed by atoms with van der Waals surface area (Å²) in [5, 5.41) is 3.08. The normalized spacial score (nSPS) is 26.9. The lowest BCUT2D eigenvalue weighted by Crippen LogP contribution is -2.41. The van der Waals surface area contributed by atoms with Gasteiger partial charge < -0.3 is 5.32 Å². The van der Waals surface area contributed by atoms with Crippen LogP contribution in [0.3, 0.4) is 0 Å². The number of hydrogen-bond donors (Lipinski definition) is 3. The molecule has 4 nitrogen and oxygen atoms in total. The van der Waals surface area contributed by atoms with Crippen molar-refractivity contribution >= 4 is 10.6 Å². The molecule has 12 heavy (non-hydrogen) atoms. The monoisotopic (exact) mass is 194 g/mol. The lowest BCUT2D eigenvalue weighted by atomic mass is 10.4. The van der Waals surface area contributed by atoms with E-state index in [0.29, 0.717) is 11.5 Å². The van der Waals surface area contributed by atoms with Crippen LogP contribution in [0.2, 0.25) is 0 Å². The van der Waals surface area contributed by atoms with Gasteiger partial charge in [-0.1, -0.05) is 0 Å². The van der Waals surface area contributed by atoms with Gasteiger partial charge in [0.15, 0.2) is 0 Å². The summed E-state index contributed by atoms with van der Waals surface area (Å²) in [6.45, 7) is 3.62. The molecule has 1 fully saturated rings. The number of rotatable bonds is 3. The maximum absolute atomic E-state index is 9.31. The zero-order chi connectivity index (χ0) is 9.03. The van der Waals surface area contributed by atoms with Crippen molar-refractivity contribution in [2.24, 2.45) is 0 Å². The van der Waals surface area contributed by atoms with E-state index in [-0.39, 0.29) is 0 Å². The second kappa shape index (κ2) is 4.43. The van der Waals surface area contributed by atoms with Crippen LogP contribution in [-0.2, 0) is 0 Å². The SMILES string of the molecule is CNCCN1CCS(O)(O)CC1. The molecule has 0 atom stereocenters. The highest BCUT2D eigenvalue weighted by Gasteiger charge is 2.21. The highest BCUT2D eigenvalue weighted by molar-refractivity contribution is 8.24. The molecule has 0 saturated carbocycles. The molecule has 0 radical (unpaired) electrons. The van der Waals surface area contributed by atoms with Crippen molar-refractivity contribution in [3.8, 4) is 0 Å². The Morgan fingerprint density at radius 2 is 1.92 bits per heavy atom. The first-order valence-electron chi connectivity index (χ1n) is 4.24. The summed E-state index contributed by atoms with van der Waals surface area (Å²) in [6.07, 6.45) is 0. The van der Waals surface area contributed by atoms with Crippen molar-refractivity contribution in [2.75, 3.05) is 44.7 Å². The number of likely N-dealkylation sites (N-methyl/N-ethyl adjacent to an activating group) is 1. The summed E-state index contributed by atoms with van der Waals surface area (Å²) in [5.41, 5.74) is 0. The zero-order valence-electron chi connectivity index (χ0n) is 7.49. The first-order valence-corrected chi connectivity index (χ1v) is 6.13. The van der Waals surface area contributed by atoms with Crippen molar-refractivity contribution in [3.63, 3.8) is 0 Å². The topological polar surface area (TPSA) is 55.7 Å². The van der Waals surface area contributed by atoms with Crippen LogP contribution in [-0.4, -0.2) is 58.7 Å². The van der Waals surface area contributed by atoms with E-state index in [2.05, 4.69) is 10.2 Å². The number of hydrogen-bond acceptors (Lipinski definition) is 4. The van der Waals surface area contributed by atoms with E-state index in [4.69, 9.17) is 0 Å². The Morgan fingerprint density at radius 3 is 2.42 bits per heavy atom. The Bertz CT molecular complexity index is 133. The smallest absolute Gasteiger partial charge is 0.0502 e. The lowest BCUT2D eigenvalue weighted by Gasteiger charge is -2.40. The standard InChI is InChI=1S/C7H18N2O2S/c1-8-2-3-9-4-6-12(10,11)7-5-9/h8,10-11H,2-7H2,1H3. The third-order valence-corrected chi connectivity index (χ3v) is 3.82. The van der Waals surface area contributed by atoms with Crippen LogP contribution >= 0.6 is 10.6 Å². The summed E-state index contributed by atoms with van der Waals surface area (Å²) >= 11 is 0. The van der Waals surface area contributed by atoms with Crippen LogP contribution in [0.25, 0.3) is 0 Å². The molecule has 5 heteroatoms. The molecule has 1 rings (SSSR count). The van der Waals surface area contributed by atoms with E-state index in [1.807, 2.05) is 7.05 Å². The van der Waals surface area contributed by atoms with E-state index in [1.165, 1.54) is 0 Å². The molecule has 3 N–H and O–H groups in total. The minimum Gasteiger partial charge on any atom is -0.318 e. The van der Waals surface area contributed by atoms with Gasteiger partial charge in [-0.2, -0.15) is 10.6 Å². The van der Waals surface area contributed by atoms with Gasteiger partial charge in [0.05, 0.1) is 11.5 Å². The van der Waals surface area contributed by atoms with Gasteiger partial charge in [0.1, 0.15) is 0 Å². The van der Waals surface area contributed by atoms with Gasteiger partial charge in [-0.25, -0.2) is 0 Å². The quantitative estimate of drug-likeness (QED) is 0.604. The highest BCUT2D eigenvalue weighted by atomic mass is 32.3. The first kappa shape index (κ1) is 10.3. The van der Waals surface area contributed by atoms with Crippen molar-refractivity contribution < 1.29 is 9.11 Å². The van der Waals surface area contributed by atoms with Crippen LogP contribution in [0.15, 0.2) is 0 Å². The van der Waals surface area contributed by atoms with E-state index in [1.54, 1.807) is 0 Å². The summed E-state index contributed by atoms with van der Waals surface area (Å²) < 4.78 is 18.6. The van der Waals surface area contributed by atoms with Crippen LogP contribution in [0.5, 0.6) is 0 Å². The fourth-order valence-electron chi connectivity index (χ4n) is 1.26. The number of nitrogens with zero attached hydrogens (tertiary/aromatic N) is 1. The van der Waals surface area contributed by atoms with Gasteiger partial charge in [0, 0.05) is 26.2 Å². The fraction of sp³-hybridized carbons (Fsp3) is 1.00. The van der Waals surface area contributed by atoms with Crippen LogP contribution in [0.1, 0.15) is 0 Å². The van der Waals surface area contributed by atoms with E-state index in [9.17, 15) is 9.11 Å². The maximum atomic E-state index is 9.31. The summed E-state index contributed by atoms with van der Waals surface area (Å²) in [4.78, 5) is 2.26. The second-order valence-corrected chi connectivity index (χ2v) is 5.58. The molecule has 0 spiro atoms. The average molecular weight is 194 g/mol. The van der Waals surface area contributed by atoms with Crippen LogP contribution < -0.4 is 5.32 Å². The fourth-order valence-corrected chi connectivity index (χ4v) is 2.56. The van der Waals surface area contributed by atoms with Gasteiger partial charge in [-0.15, -0.1) is 0 Å². The second-order valence-electron chi connectivity index (χ2n) is 3.16. The third kappa shape index (κ3) is 3.28. The molecule has 1 aliphatic rings. The molecule has 0 aromatic rings. The zero-order valence-corrected chi connectivity index (χ0v) is 8.31. The predicted molar refractivity (Wildman–Crippen MR) is 52.9 cm³/mol. The van der Waals surface area contributed by atoms with Gasteiger partial charge in [-0.3, -0.25) is 14.0 Å². The third-order valence-electron chi connectivity index (χ3n) is 2.15. The molecule has 0 unspecified atom stereocenters. The van der Waals surface area contributed by atoms with E-state index in [0.717, 1.165) is 26.2 Å².